The van der Waals surface area contributed by atoms with Crippen LogP contribution in [0, 0.1) is 19.1 Å². The average Bonchev–Trinajstić information content (AvgIpc) is 3.72. The van der Waals surface area contributed by atoms with E-state index in [4.69, 9.17) is 14.8 Å². The molecule has 3 heterocycles. The summed E-state index contributed by atoms with van der Waals surface area (Å²) in [5.74, 6) is 2.08. The van der Waals surface area contributed by atoms with E-state index in [2.05, 4.69) is 100.0 Å². The van der Waals surface area contributed by atoms with E-state index >= 15 is 0 Å². The molecule has 49 heavy (non-hydrogen) atoms. The van der Waals surface area contributed by atoms with Crippen LogP contribution < -0.4 is 4.74 Å². The number of fused-ring (bicyclic) bond motifs is 3. The van der Waals surface area contributed by atoms with Crippen LogP contribution in [0.5, 0.6) is 11.5 Å². The first-order valence-electron chi connectivity index (χ1n) is 17.3. The fourth-order valence-electron chi connectivity index (χ4n) is 7.17. The van der Waals surface area contributed by atoms with Crippen LogP contribution in [0.15, 0.2) is 91.4 Å². The van der Waals surface area contributed by atoms with Gasteiger partial charge in [0.05, 0.1) is 6.20 Å². The van der Waals surface area contributed by atoms with Crippen molar-refractivity contribution in [3.63, 3.8) is 0 Å². The summed E-state index contributed by atoms with van der Waals surface area (Å²) in [6, 6.07) is 32.0. The first-order valence-corrected chi connectivity index (χ1v) is 17.3. The number of benzene rings is 4. The third kappa shape index (κ3) is 6.62. The fraction of sp³-hybridized carbons (Fsp3) is 0.256. The van der Waals surface area contributed by atoms with Crippen LogP contribution in [0.4, 0.5) is 0 Å². The molecule has 0 aliphatic rings. The third-order valence-corrected chi connectivity index (χ3v) is 9.25. The van der Waals surface area contributed by atoms with Gasteiger partial charge in [-0.3, -0.25) is 4.68 Å². The van der Waals surface area contributed by atoms with Crippen molar-refractivity contribution in [2.24, 2.45) is 0 Å². The minimum atomic E-state index is 0. The van der Waals surface area contributed by atoms with Gasteiger partial charge < -0.3 is 9.30 Å². The molecule has 250 valence electrons. The number of para-hydroxylation sites is 1. The summed E-state index contributed by atoms with van der Waals surface area (Å²) < 4.78 is 10.5. The Kier molecular flexibility index (Phi) is 10.5. The first-order chi connectivity index (χ1) is 23.5. The SMILES string of the molecule is CCCc1cc(CCC)c(CC)c(-c2cnn(-c3[c-]c(Oc4[c-]c5c(cc4)c4ccccc4n5-c4cc(C)ccn4)ccc3)c2)c1CC.[Pt+2]. The Bertz CT molecular complexity index is 2210. The molecule has 7 rings (SSSR count). The largest absolute Gasteiger partial charge is 2.00 e. The topological polar surface area (TPSA) is 44.9 Å². The van der Waals surface area contributed by atoms with Crippen molar-refractivity contribution in [3.05, 3.63) is 131 Å². The molecule has 0 saturated carbocycles. The molecule has 7 aromatic rings. The maximum Gasteiger partial charge on any atom is 2.00 e. The predicted octanol–water partition coefficient (Wildman–Crippen LogP) is 10.8. The van der Waals surface area contributed by atoms with Gasteiger partial charge in [0.25, 0.3) is 0 Å². The molecule has 0 atom stereocenters. The van der Waals surface area contributed by atoms with E-state index < -0.39 is 0 Å². The average molecular weight is 826 g/mol. The second-order valence-corrected chi connectivity index (χ2v) is 12.5. The quantitative estimate of drug-likeness (QED) is 0.122. The Morgan fingerprint density at radius 1 is 0.755 bits per heavy atom. The Labute approximate surface area is 304 Å². The maximum atomic E-state index is 6.42. The van der Waals surface area contributed by atoms with E-state index in [9.17, 15) is 0 Å². The minimum Gasteiger partial charge on any atom is -0.509 e. The number of hydrogen-bond acceptors (Lipinski definition) is 3. The molecule has 3 aromatic heterocycles. The molecule has 0 aliphatic heterocycles. The van der Waals surface area contributed by atoms with Crippen LogP contribution in [0.1, 0.15) is 68.4 Å². The first kappa shape index (κ1) is 34.4. The number of aryl methyl sites for hydroxylation is 3. The van der Waals surface area contributed by atoms with Crippen molar-refractivity contribution in [3.8, 4) is 34.1 Å². The van der Waals surface area contributed by atoms with E-state index in [1.54, 1.807) is 0 Å². The molecule has 6 heteroatoms. The van der Waals surface area contributed by atoms with Gasteiger partial charge in [-0.1, -0.05) is 70.3 Å². The molecule has 5 nitrogen and oxygen atoms in total. The second kappa shape index (κ2) is 15.0. The van der Waals surface area contributed by atoms with Crippen LogP contribution in [0.25, 0.3) is 44.4 Å². The molecule has 0 aliphatic carbocycles. The third-order valence-electron chi connectivity index (χ3n) is 9.25. The van der Waals surface area contributed by atoms with Gasteiger partial charge in [-0.15, -0.1) is 35.7 Å². The molecular weight excluding hydrogens is 784 g/mol. The molecule has 0 fully saturated rings. The molecule has 0 spiro atoms. The van der Waals surface area contributed by atoms with Gasteiger partial charge in [0.15, 0.2) is 0 Å². The standard InChI is InChI=1S/C43H42N4O.Pt/c1-6-13-30-24-31(14-7-2)37(9-4)43(36(30)8-3)32-27-45-46(28-32)33-15-12-16-34(25-33)48-35-19-20-39-38-17-10-11-18-40(38)47(41(39)26-35)42-23-29(5)21-22-44-42;/h10-12,15-24,27-28H,6-9,13-14H2,1-5H3;/q-2;+2. The normalized spacial score (nSPS) is 11.3. The van der Waals surface area contributed by atoms with Crippen molar-refractivity contribution in [2.45, 2.75) is 73.1 Å². The van der Waals surface area contributed by atoms with E-state index in [0.29, 0.717) is 11.5 Å². The van der Waals surface area contributed by atoms with Crippen molar-refractivity contribution in [2.75, 3.05) is 0 Å². The molecule has 0 unspecified atom stereocenters. The Morgan fingerprint density at radius 2 is 1.49 bits per heavy atom. The zero-order valence-electron chi connectivity index (χ0n) is 28.9. The van der Waals surface area contributed by atoms with E-state index in [-0.39, 0.29) is 21.1 Å². The summed E-state index contributed by atoms with van der Waals surface area (Å²) in [5.41, 5.74) is 12.4. The van der Waals surface area contributed by atoms with Crippen molar-refractivity contribution >= 4 is 21.8 Å². The zero-order valence-corrected chi connectivity index (χ0v) is 31.2. The van der Waals surface area contributed by atoms with Crippen molar-refractivity contribution < 1.29 is 25.8 Å². The van der Waals surface area contributed by atoms with Gasteiger partial charge in [0.1, 0.15) is 5.82 Å². The van der Waals surface area contributed by atoms with E-state index in [1.165, 1.54) is 27.8 Å². The number of pyridine rings is 1. The molecule has 0 amide bonds. The van der Waals surface area contributed by atoms with Gasteiger partial charge in [-0.05, 0) is 95.3 Å². The summed E-state index contributed by atoms with van der Waals surface area (Å²) in [6.45, 7) is 11.2. The van der Waals surface area contributed by atoms with Gasteiger partial charge in [-0.25, -0.2) is 4.98 Å². The minimum absolute atomic E-state index is 0. The van der Waals surface area contributed by atoms with Gasteiger partial charge in [0, 0.05) is 35.0 Å². The molecule has 0 saturated heterocycles. The predicted molar refractivity (Wildman–Crippen MR) is 197 cm³/mol. The zero-order chi connectivity index (χ0) is 33.2. The van der Waals surface area contributed by atoms with Gasteiger partial charge >= 0.3 is 21.1 Å². The van der Waals surface area contributed by atoms with Crippen molar-refractivity contribution in [1.29, 1.82) is 0 Å². The maximum absolute atomic E-state index is 6.42. The van der Waals surface area contributed by atoms with Crippen LogP contribution >= 0.6 is 0 Å². The van der Waals surface area contributed by atoms with Crippen LogP contribution in [-0.4, -0.2) is 19.3 Å². The molecule has 0 bridgehead atoms. The number of rotatable bonds is 11. The molecule has 4 aromatic carbocycles. The smallest absolute Gasteiger partial charge is 0.509 e. The number of aromatic nitrogens is 4. The van der Waals surface area contributed by atoms with E-state index in [0.717, 1.165) is 83.0 Å². The van der Waals surface area contributed by atoms with Crippen LogP contribution in [-0.2, 0) is 46.7 Å². The summed E-state index contributed by atoms with van der Waals surface area (Å²) in [4.78, 5) is 4.70. The van der Waals surface area contributed by atoms with Crippen molar-refractivity contribution in [1.82, 2.24) is 19.3 Å². The Hall–Kier alpha value is -4.47. The Balaban J connectivity index is 0.00000417. The number of nitrogens with zero attached hydrogens (tertiary/aromatic N) is 4. The fourth-order valence-corrected chi connectivity index (χ4v) is 7.17. The number of hydrogen-bond donors (Lipinski definition) is 0. The molecule has 0 radical (unpaired) electrons. The summed E-state index contributed by atoms with van der Waals surface area (Å²) in [6.07, 6.45) is 12.5. The Morgan fingerprint density at radius 3 is 2.20 bits per heavy atom. The molecule has 0 N–H and O–H groups in total. The summed E-state index contributed by atoms with van der Waals surface area (Å²) in [5, 5.41) is 7.10. The number of ether oxygens (including phenoxy) is 1. The van der Waals surface area contributed by atoms with Gasteiger partial charge in [0.2, 0.25) is 0 Å². The monoisotopic (exact) mass is 825 g/mol. The second-order valence-electron chi connectivity index (χ2n) is 12.5. The van der Waals surface area contributed by atoms with E-state index in [1.807, 2.05) is 47.4 Å². The molecular formula is C43H42N4OPt. The van der Waals surface area contributed by atoms with Gasteiger partial charge in [-0.2, -0.15) is 17.2 Å². The summed E-state index contributed by atoms with van der Waals surface area (Å²) in [7, 11) is 0. The summed E-state index contributed by atoms with van der Waals surface area (Å²) >= 11 is 0. The van der Waals surface area contributed by atoms with Crippen LogP contribution in [0.2, 0.25) is 0 Å². The van der Waals surface area contributed by atoms with Crippen LogP contribution in [0.3, 0.4) is 0 Å².